The van der Waals surface area contributed by atoms with Gasteiger partial charge in [-0.2, -0.15) is 0 Å². The molecule has 0 aliphatic carbocycles. The van der Waals surface area contributed by atoms with Crippen molar-refractivity contribution in [1.82, 2.24) is 15.0 Å². The van der Waals surface area contributed by atoms with Gasteiger partial charge in [0, 0.05) is 6.54 Å². The fourth-order valence-electron chi connectivity index (χ4n) is 3.93. The average molecular weight is 461 g/mol. The Kier molecular flexibility index (Phi) is 7.08. The van der Waals surface area contributed by atoms with Crippen molar-refractivity contribution in [3.63, 3.8) is 0 Å². The number of benzene rings is 3. The van der Waals surface area contributed by atoms with Crippen molar-refractivity contribution in [2.75, 3.05) is 0 Å². The minimum absolute atomic E-state index is 0.0388. The Morgan fingerprint density at radius 2 is 1.59 bits per heavy atom. The summed E-state index contributed by atoms with van der Waals surface area (Å²) in [4.78, 5) is 24.4. The summed E-state index contributed by atoms with van der Waals surface area (Å²) in [6.07, 6.45) is -0.291. The summed E-state index contributed by atoms with van der Waals surface area (Å²) in [5, 5.41) is 28.5. The van der Waals surface area contributed by atoms with Crippen molar-refractivity contribution in [2.24, 2.45) is 5.92 Å². The lowest BCUT2D eigenvalue weighted by Gasteiger charge is -2.19. The monoisotopic (exact) mass is 461 g/mol. The summed E-state index contributed by atoms with van der Waals surface area (Å²) in [6.45, 7) is 0.0388. The molecular weight excluding hydrogens is 437 g/mol. The van der Waals surface area contributed by atoms with Crippen LogP contribution in [0.15, 0.2) is 77.6 Å². The van der Waals surface area contributed by atoms with Crippen LogP contribution in [0.2, 0.25) is 0 Å². The van der Waals surface area contributed by atoms with Crippen LogP contribution >= 0.6 is 0 Å². The molecule has 8 heteroatoms. The molecule has 1 heterocycles. The molecule has 2 atom stereocenters. The lowest BCUT2D eigenvalue weighted by molar-refractivity contribution is -0.146. The number of nitrogens with zero attached hydrogens (tertiary/aromatic N) is 3. The van der Waals surface area contributed by atoms with Crippen LogP contribution in [0.5, 0.6) is 0 Å². The van der Waals surface area contributed by atoms with Gasteiger partial charge in [0.15, 0.2) is 0 Å². The molecule has 0 bridgehead atoms. The zero-order valence-electron chi connectivity index (χ0n) is 18.3. The molecule has 0 fully saturated rings. The number of rotatable bonds is 9. The highest BCUT2D eigenvalue weighted by Crippen LogP contribution is 2.22. The highest BCUT2D eigenvalue weighted by Gasteiger charge is 2.26. The summed E-state index contributed by atoms with van der Waals surface area (Å²) < 4.78 is 14.2. The van der Waals surface area contributed by atoms with Crippen molar-refractivity contribution < 1.29 is 19.4 Å². The largest absolute Gasteiger partial charge is 0.481 e. The molecule has 4 aromatic rings. The van der Waals surface area contributed by atoms with E-state index in [9.17, 15) is 24.2 Å². The summed E-state index contributed by atoms with van der Waals surface area (Å²) in [5.74, 6) is -2.46. The van der Waals surface area contributed by atoms with Crippen LogP contribution in [0.4, 0.5) is 4.39 Å². The lowest BCUT2D eigenvalue weighted by Crippen LogP contribution is -2.32. The molecule has 0 amide bonds. The van der Waals surface area contributed by atoms with Gasteiger partial charge >= 0.3 is 5.97 Å². The molecule has 2 N–H and O–H groups in total. The average Bonchev–Trinajstić information content (AvgIpc) is 2.85. The topological polar surface area (TPSA) is 105 Å². The molecule has 34 heavy (non-hydrogen) atoms. The fraction of sp³-hybridized carbons (Fsp3) is 0.231. The molecule has 0 saturated carbocycles. The van der Waals surface area contributed by atoms with Crippen LogP contribution in [0.3, 0.4) is 0 Å². The van der Waals surface area contributed by atoms with Gasteiger partial charge in [0.1, 0.15) is 11.3 Å². The summed E-state index contributed by atoms with van der Waals surface area (Å²) in [7, 11) is 0. The normalized spacial score (nSPS) is 13.0. The maximum atomic E-state index is 13.1. The fourth-order valence-corrected chi connectivity index (χ4v) is 3.93. The molecule has 0 aliphatic heterocycles. The number of aliphatic carboxylic acids is 1. The van der Waals surface area contributed by atoms with Gasteiger partial charge < -0.3 is 10.2 Å². The number of aliphatic hydroxyl groups excluding tert-OH is 1. The van der Waals surface area contributed by atoms with E-state index in [1.165, 1.54) is 12.1 Å². The Bertz CT molecular complexity index is 1340. The maximum absolute atomic E-state index is 13.1. The standard InChI is InChI=1S/C26H24FN3O4/c27-20-12-10-19(11-13-20)18-8-5-17(6-9-18)7-14-24(31)22(26(33)34)15-16-30-25(32)21-3-1-2-4-23(21)28-29-30/h1-6,8-13,22,24,31H,7,14-16H2,(H,33,34)/t22-,24+/m0/s1. The van der Waals surface area contributed by atoms with Gasteiger partial charge in [0.2, 0.25) is 0 Å². The molecule has 1 aromatic heterocycles. The zero-order valence-corrected chi connectivity index (χ0v) is 18.3. The number of hydrogen-bond acceptors (Lipinski definition) is 5. The SMILES string of the molecule is O=C(O)[C@@H](CCn1nnc2ccccc2c1=O)[C@H](O)CCc1ccc(-c2ccc(F)cc2)cc1. The quantitative estimate of drug-likeness (QED) is 0.394. The number of carboxylic acid groups (broad SMARTS) is 1. The van der Waals surface area contributed by atoms with Crippen LogP contribution in [-0.2, 0) is 17.8 Å². The molecule has 0 radical (unpaired) electrons. The van der Waals surface area contributed by atoms with Gasteiger partial charge in [-0.05, 0) is 60.2 Å². The summed E-state index contributed by atoms with van der Waals surface area (Å²) >= 11 is 0. The number of aryl methyl sites for hydroxylation is 2. The molecule has 4 rings (SSSR count). The number of hydrogen-bond donors (Lipinski definition) is 2. The van der Waals surface area contributed by atoms with Crippen molar-refractivity contribution in [1.29, 1.82) is 0 Å². The Morgan fingerprint density at radius 1 is 0.941 bits per heavy atom. The van der Waals surface area contributed by atoms with Gasteiger partial charge in [0.25, 0.3) is 5.56 Å². The van der Waals surface area contributed by atoms with Crippen molar-refractivity contribution in [3.05, 3.63) is 94.5 Å². The second kappa shape index (κ2) is 10.4. The van der Waals surface area contributed by atoms with E-state index in [0.717, 1.165) is 21.4 Å². The van der Waals surface area contributed by atoms with Crippen LogP contribution < -0.4 is 5.56 Å². The smallest absolute Gasteiger partial charge is 0.309 e. The summed E-state index contributed by atoms with van der Waals surface area (Å²) in [5.41, 5.74) is 2.92. The van der Waals surface area contributed by atoms with E-state index in [-0.39, 0.29) is 30.8 Å². The molecule has 174 valence electrons. The van der Waals surface area contributed by atoms with E-state index in [0.29, 0.717) is 17.3 Å². The predicted molar refractivity (Wildman–Crippen MR) is 126 cm³/mol. The van der Waals surface area contributed by atoms with Gasteiger partial charge in [-0.1, -0.05) is 53.7 Å². The third-order valence-electron chi connectivity index (χ3n) is 5.92. The van der Waals surface area contributed by atoms with Gasteiger partial charge in [-0.15, -0.1) is 5.10 Å². The lowest BCUT2D eigenvalue weighted by atomic mass is 9.93. The van der Waals surface area contributed by atoms with E-state index in [1.54, 1.807) is 36.4 Å². The highest BCUT2D eigenvalue weighted by atomic mass is 19.1. The second-order valence-corrected chi connectivity index (χ2v) is 8.18. The first-order valence-corrected chi connectivity index (χ1v) is 11.0. The number of fused-ring (bicyclic) bond motifs is 1. The maximum Gasteiger partial charge on any atom is 0.309 e. The van der Waals surface area contributed by atoms with Crippen LogP contribution in [-0.4, -0.2) is 37.3 Å². The summed E-state index contributed by atoms with van der Waals surface area (Å²) in [6, 6.07) is 20.7. The van der Waals surface area contributed by atoms with Crippen molar-refractivity contribution >= 4 is 16.9 Å². The molecule has 0 saturated heterocycles. The van der Waals surface area contributed by atoms with E-state index in [1.807, 2.05) is 24.3 Å². The van der Waals surface area contributed by atoms with Crippen molar-refractivity contribution in [3.8, 4) is 11.1 Å². The molecule has 0 spiro atoms. The first-order chi connectivity index (χ1) is 16.4. The minimum Gasteiger partial charge on any atom is -0.481 e. The van der Waals surface area contributed by atoms with Crippen molar-refractivity contribution in [2.45, 2.75) is 31.9 Å². The zero-order chi connectivity index (χ0) is 24.1. The highest BCUT2D eigenvalue weighted by molar-refractivity contribution is 5.76. The number of carboxylic acids is 1. The van der Waals surface area contributed by atoms with E-state index in [2.05, 4.69) is 10.3 Å². The van der Waals surface area contributed by atoms with Crippen LogP contribution in [0.25, 0.3) is 22.0 Å². The Hall–Kier alpha value is -3.91. The van der Waals surface area contributed by atoms with Gasteiger partial charge in [-0.3, -0.25) is 9.59 Å². The first-order valence-electron chi connectivity index (χ1n) is 11.0. The van der Waals surface area contributed by atoms with E-state index < -0.39 is 18.0 Å². The second-order valence-electron chi connectivity index (χ2n) is 8.18. The molecular formula is C26H24FN3O4. The van der Waals surface area contributed by atoms with E-state index >= 15 is 0 Å². The van der Waals surface area contributed by atoms with Crippen LogP contribution in [0.1, 0.15) is 18.4 Å². The number of carbonyl (C=O) groups is 1. The molecule has 0 aliphatic rings. The number of aromatic nitrogens is 3. The molecule has 7 nitrogen and oxygen atoms in total. The predicted octanol–water partition coefficient (Wildman–Crippen LogP) is 3.68. The molecule has 3 aromatic carbocycles. The Morgan fingerprint density at radius 3 is 2.26 bits per heavy atom. The van der Waals surface area contributed by atoms with Gasteiger partial charge in [-0.25, -0.2) is 9.07 Å². The van der Waals surface area contributed by atoms with Crippen LogP contribution in [0, 0.1) is 11.7 Å². The molecule has 0 unspecified atom stereocenters. The first kappa shape index (κ1) is 23.3. The third kappa shape index (κ3) is 5.35. The number of aliphatic hydroxyl groups is 1. The minimum atomic E-state index is -1.12. The van der Waals surface area contributed by atoms with Gasteiger partial charge in [0.05, 0.1) is 17.4 Å². The Balaban J connectivity index is 1.37. The Labute approximate surface area is 195 Å². The number of halogens is 1. The third-order valence-corrected chi connectivity index (χ3v) is 5.92. The van der Waals surface area contributed by atoms with E-state index in [4.69, 9.17) is 0 Å².